The van der Waals surface area contributed by atoms with E-state index in [4.69, 9.17) is 4.74 Å². The van der Waals surface area contributed by atoms with Crippen molar-refractivity contribution in [2.45, 2.75) is 26.8 Å². The third-order valence-corrected chi connectivity index (χ3v) is 3.33. The van der Waals surface area contributed by atoms with E-state index in [0.29, 0.717) is 0 Å². The minimum absolute atomic E-state index is 0.122. The lowest BCUT2D eigenvalue weighted by Crippen LogP contribution is -2.22. The van der Waals surface area contributed by atoms with Crippen molar-refractivity contribution in [2.24, 2.45) is 0 Å². The van der Waals surface area contributed by atoms with E-state index in [0.717, 1.165) is 17.9 Å². The van der Waals surface area contributed by atoms with Crippen LogP contribution in [-0.4, -0.2) is 18.6 Å². The number of aromatic nitrogens is 1. The number of pyridine rings is 1. The average Bonchev–Trinajstić information content (AvgIpc) is 2.43. The molecule has 0 spiro atoms. The summed E-state index contributed by atoms with van der Waals surface area (Å²) in [5, 5.41) is 3.54. The maximum absolute atomic E-state index is 5.45. The number of hydrogen-bond donors (Lipinski definition) is 1. The van der Waals surface area contributed by atoms with E-state index < -0.39 is 0 Å². The van der Waals surface area contributed by atoms with Crippen molar-refractivity contribution >= 4 is 0 Å². The number of rotatable bonds is 5. The molecule has 20 heavy (non-hydrogen) atoms. The van der Waals surface area contributed by atoms with Crippen molar-refractivity contribution in [1.29, 1.82) is 0 Å². The molecule has 1 aromatic heterocycles. The Labute approximate surface area is 121 Å². The van der Waals surface area contributed by atoms with E-state index in [2.05, 4.69) is 49.3 Å². The van der Waals surface area contributed by atoms with Crippen LogP contribution >= 0.6 is 0 Å². The van der Waals surface area contributed by atoms with Crippen molar-refractivity contribution < 1.29 is 4.74 Å². The normalized spacial score (nSPS) is 12.2. The molecule has 0 saturated carbocycles. The zero-order valence-electron chi connectivity index (χ0n) is 12.6. The number of nitrogens with one attached hydrogen (secondary N) is 1. The lowest BCUT2D eigenvalue weighted by Gasteiger charge is -2.21. The first-order valence-corrected chi connectivity index (χ1v) is 6.95. The second-order valence-electron chi connectivity index (χ2n) is 5.03. The van der Waals surface area contributed by atoms with E-state index in [1.54, 1.807) is 13.3 Å². The number of nitrogens with zero attached hydrogens (tertiary/aromatic N) is 1. The first kappa shape index (κ1) is 14.5. The summed E-state index contributed by atoms with van der Waals surface area (Å²) in [7, 11) is 1.69. The van der Waals surface area contributed by atoms with Gasteiger partial charge in [-0.25, -0.2) is 0 Å². The van der Waals surface area contributed by atoms with Crippen molar-refractivity contribution in [2.75, 3.05) is 13.7 Å². The van der Waals surface area contributed by atoms with Crippen LogP contribution in [-0.2, 0) is 0 Å². The van der Waals surface area contributed by atoms with Crippen LogP contribution in [0.3, 0.4) is 0 Å². The predicted octanol–water partition coefficient (Wildman–Crippen LogP) is 3.41. The lowest BCUT2D eigenvalue weighted by molar-refractivity contribution is 0.402. The van der Waals surface area contributed by atoms with Gasteiger partial charge in [0.05, 0.1) is 19.3 Å². The largest absolute Gasteiger partial charge is 0.495 e. The Balaban J connectivity index is 2.50. The summed E-state index contributed by atoms with van der Waals surface area (Å²) >= 11 is 0. The first-order valence-electron chi connectivity index (χ1n) is 6.95. The average molecular weight is 270 g/mol. The molecule has 1 unspecified atom stereocenters. The first-order chi connectivity index (χ1) is 9.65. The molecule has 0 aliphatic rings. The molecule has 0 radical (unpaired) electrons. The van der Waals surface area contributed by atoms with Gasteiger partial charge in [-0.05, 0) is 32.0 Å². The Bertz CT molecular complexity index is 561. The molecular weight excluding hydrogens is 248 g/mol. The molecule has 1 heterocycles. The van der Waals surface area contributed by atoms with E-state index in [1.165, 1.54) is 16.7 Å². The van der Waals surface area contributed by atoms with Crippen LogP contribution in [0, 0.1) is 13.8 Å². The van der Waals surface area contributed by atoms with Gasteiger partial charge in [-0.3, -0.25) is 4.98 Å². The zero-order valence-corrected chi connectivity index (χ0v) is 12.6. The van der Waals surface area contributed by atoms with Crippen LogP contribution < -0.4 is 10.1 Å². The van der Waals surface area contributed by atoms with Gasteiger partial charge in [-0.15, -0.1) is 0 Å². The van der Waals surface area contributed by atoms with Crippen LogP contribution in [0.25, 0.3) is 0 Å². The molecule has 2 aromatic rings. The molecule has 0 amide bonds. The Morgan fingerprint density at radius 2 is 1.90 bits per heavy atom. The third-order valence-electron chi connectivity index (χ3n) is 3.33. The van der Waals surface area contributed by atoms with Crippen LogP contribution in [0.15, 0.2) is 36.7 Å². The standard InChI is InChI=1S/C17H22N2O/c1-5-19-17(14-9-12(2)8-13(3)10-14)15-6-7-18-11-16(15)20-4/h6-11,17,19H,5H2,1-4H3. The second-order valence-corrected chi connectivity index (χ2v) is 5.03. The fourth-order valence-electron chi connectivity index (χ4n) is 2.59. The second kappa shape index (κ2) is 6.53. The van der Waals surface area contributed by atoms with Crippen LogP contribution in [0.2, 0.25) is 0 Å². The predicted molar refractivity (Wildman–Crippen MR) is 82.2 cm³/mol. The maximum Gasteiger partial charge on any atom is 0.142 e. The number of methoxy groups -OCH3 is 1. The quantitative estimate of drug-likeness (QED) is 0.904. The Kier molecular flexibility index (Phi) is 4.74. The molecule has 0 aliphatic carbocycles. The van der Waals surface area contributed by atoms with E-state index >= 15 is 0 Å². The van der Waals surface area contributed by atoms with E-state index in [9.17, 15) is 0 Å². The summed E-state index contributed by atoms with van der Waals surface area (Å²) in [5.74, 6) is 0.817. The lowest BCUT2D eigenvalue weighted by atomic mass is 9.95. The molecule has 0 bridgehead atoms. The topological polar surface area (TPSA) is 34.2 Å². The minimum Gasteiger partial charge on any atom is -0.495 e. The fraction of sp³-hybridized carbons (Fsp3) is 0.353. The van der Waals surface area contributed by atoms with Gasteiger partial charge in [0, 0.05) is 11.8 Å². The summed E-state index contributed by atoms with van der Waals surface area (Å²) in [6.07, 6.45) is 3.58. The van der Waals surface area contributed by atoms with Crippen molar-refractivity contribution in [3.05, 3.63) is 58.9 Å². The van der Waals surface area contributed by atoms with Gasteiger partial charge in [0.1, 0.15) is 5.75 Å². The summed E-state index contributed by atoms with van der Waals surface area (Å²) in [6, 6.07) is 8.78. The highest BCUT2D eigenvalue weighted by Gasteiger charge is 2.17. The summed E-state index contributed by atoms with van der Waals surface area (Å²) in [5.41, 5.74) is 4.93. The highest BCUT2D eigenvalue weighted by molar-refractivity contribution is 5.42. The molecule has 106 valence electrons. The van der Waals surface area contributed by atoms with Crippen LogP contribution in [0.4, 0.5) is 0 Å². The molecule has 2 rings (SSSR count). The molecular formula is C17H22N2O. The molecule has 1 N–H and O–H groups in total. The van der Waals surface area contributed by atoms with Gasteiger partial charge >= 0.3 is 0 Å². The monoisotopic (exact) mass is 270 g/mol. The van der Waals surface area contributed by atoms with E-state index in [-0.39, 0.29) is 6.04 Å². The van der Waals surface area contributed by atoms with Crippen molar-refractivity contribution in [1.82, 2.24) is 10.3 Å². The third kappa shape index (κ3) is 3.17. The van der Waals surface area contributed by atoms with Gasteiger partial charge in [0.25, 0.3) is 0 Å². The van der Waals surface area contributed by atoms with Gasteiger partial charge in [-0.1, -0.05) is 36.2 Å². The van der Waals surface area contributed by atoms with Gasteiger partial charge in [-0.2, -0.15) is 0 Å². The molecule has 0 aliphatic heterocycles. The molecule has 1 atom stereocenters. The highest BCUT2D eigenvalue weighted by atomic mass is 16.5. The summed E-state index contributed by atoms with van der Waals surface area (Å²) < 4.78 is 5.45. The Morgan fingerprint density at radius 1 is 1.20 bits per heavy atom. The van der Waals surface area contributed by atoms with Crippen LogP contribution in [0.1, 0.15) is 35.2 Å². The maximum atomic E-state index is 5.45. The summed E-state index contributed by atoms with van der Waals surface area (Å²) in [6.45, 7) is 7.26. The van der Waals surface area contributed by atoms with Crippen molar-refractivity contribution in [3.63, 3.8) is 0 Å². The van der Waals surface area contributed by atoms with Crippen molar-refractivity contribution in [3.8, 4) is 5.75 Å². The fourth-order valence-corrected chi connectivity index (χ4v) is 2.59. The van der Waals surface area contributed by atoms with Gasteiger partial charge in [0.2, 0.25) is 0 Å². The SMILES string of the molecule is CCNC(c1cc(C)cc(C)c1)c1ccncc1OC. The summed E-state index contributed by atoms with van der Waals surface area (Å²) in [4.78, 5) is 4.13. The molecule has 0 saturated heterocycles. The highest BCUT2D eigenvalue weighted by Crippen LogP contribution is 2.30. The van der Waals surface area contributed by atoms with E-state index in [1.807, 2.05) is 12.3 Å². The number of aryl methyl sites for hydroxylation is 2. The number of ether oxygens (including phenoxy) is 1. The Hall–Kier alpha value is -1.87. The number of benzene rings is 1. The van der Waals surface area contributed by atoms with Gasteiger partial charge in [0.15, 0.2) is 0 Å². The molecule has 3 heteroatoms. The molecule has 1 aromatic carbocycles. The smallest absolute Gasteiger partial charge is 0.142 e. The molecule has 0 fully saturated rings. The minimum atomic E-state index is 0.122. The number of hydrogen-bond acceptors (Lipinski definition) is 3. The van der Waals surface area contributed by atoms with Crippen LogP contribution in [0.5, 0.6) is 5.75 Å². The zero-order chi connectivity index (χ0) is 14.5. The Morgan fingerprint density at radius 3 is 2.50 bits per heavy atom. The molecule has 3 nitrogen and oxygen atoms in total. The van der Waals surface area contributed by atoms with Gasteiger partial charge < -0.3 is 10.1 Å².